The topological polar surface area (TPSA) is 126 Å². The quantitative estimate of drug-likeness (QED) is 0.656. The van der Waals surface area contributed by atoms with E-state index in [0.717, 1.165) is 16.4 Å². The van der Waals surface area contributed by atoms with Gasteiger partial charge in [0, 0.05) is 31.0 Å². The summed E-state index contributed by atoms with van der Waals surface area (Å²) in [6.07, 6.45) is 3.40. The van der Waals surface area contributed by atoms with Crippen LogP contribution in [0.4, 0.5) is 21.6 Å². The number of carbonyl (C=O) groups is 1. The highest BCUT2D eigenvalue weighted by atomic mass is 32.1. The second-order valence-electron chi connectivity index (χ2n) is 5.66. The van der Waals surface area contributed by atoms with E-state index in [1.165, 1.54) is 19.4 Å². The summed E-state index contributed by atoms with van der Waals surface area (Å²) in [6, 6.07) is 3.58. The van der Waals surface area contributed by atoms with Gasteiger partial charge in [0.2, 0.25) is 5.13 Å². The average molecular weight is 387 g/mol. The van der Waals surface area contributed by atoms with E-state index in [0.29, 0.717) is 22.4 Å². The Hall–Kier alpha value is -3.34. The normalized spacial score (nSPS) is 10.7. The number of nitrogens with one attached hydrogen (secondary N) is 1. The van der Waals surface area contributed by atoms with Crippen molar-refractivity contribution in [1.82, 2.24) is 24.3 Å². The maximum Gasteiger partial charge on any atom is 0.412 e. The fourth-order valence-electron chi connectivity index (χ4n) is 2.09. The standard InChI is InChI=1S/C16H17N7O3S/c1-9(2)26-10-4-5-11(19-8-10)12-20-15(27-22-12)21-13-14(18-7-6-17-13)23(3)16(24)25/h4-9H,1-3H3,(H,24,25)(H,17,20,21,22). The van der Waals surface area contributed by atoms with E-state index in [1.807, 2.05) is 13.8 Å². The molecule has 0 unspecified atom stereocenters. The molecule has 0 aliphatic rings. The molecule has 0 radical (unpaired) electrons. The molecule has 0 spiro atoms. The van der Waals surface area contributed by atoms with Crippen molar-refractivity contribution in [3.8, 4) is 17.3 Å². The lowest BCUT2D eigenvalue weighted by molar-refractivity contribution is 0.203. The van der Waals surface area contributed by atoms with Crippen molar-refractivity contribution < 1.29 is 14.6 Å². The molecule has 3 heterocycles. The van der Waals surface area contributed by atoms with Crippen molar-refractivity contribution in [2.75, 3.05) is 17.3 Å². The third kappa shape index (κ3) is 4.44. The summed E-state index contributed by atoms with van der Waals surface area (Å²) in [5.74, 6) is 1.53. The number of anilines is 3. The monoisotopic (exact) mass is 387 g/mol. The van der Waals surface area contributed by atoms with Gasteiger partial charge in [-0.3, -0.25) is 4.90 Å². The Labute approximate surface area is 159 Å². The predicted octanol–water partition coefficient (Wildman–Crippen LogP) is 3.04. The Kier molecular flexibility index (Phi) is 5.41. The molecule has 11 heteroatoms. The largest absolute Gasteiger partial charge is 0.489 e. The molecular weight excluding hydrogens is 370 g/mol. The van der Waals surface area contributed by atoms with Crippen molar-refractivity contribution in [2.24, 2.45) is 0 Å². The highest BCUT2D eigenvalue weighted by molar-refractivity contribution is 7.09. The SMILES string of the molecule is CC(C)Oc1ccc(-c2nsc(Nc3nccnc3N(C)C(=O)O)n2)nc1. The van der Waals surface area contributed by atoms with Crippen LogP contribution in [0.5, 0.6) is 5.75 Å². The van der Waals surface area contributed by atoms with Crippen molar-refractivity contribution in [1.29, 1.82) is 0 Å². The molecule has 3 aromatic rings. The third-order valence-electron chi connectivity index (χ3n) is 3.27. The zero-order chi connectivity index (χ0) is 19.4. The fraction of sp³-hybridized carbons (Fsp3) is 0.250. The molecule has 27 heavy (non-hydrogen) atoms. The molecule has 0 atom stereocenters. The summed E-state index contributed by atoms with van der Waals surface area (Å²) in [4.78, 5) is 29.0. The maximum absolute atomic E-state index is 11.2. The highest BCUT2D eigenvalue weighted by Crippen LogP contribution is 2.27. The lowest BCUT2D eigenvalue weighted by Gasteiger charge is -2.14. The summed E-state index contributed by atoms with van der Waals surface area (Å²) in [5.41, 5.74) is 0.595. The highest BCUT2D eigenvalue weighted by Gasteiger charge is 2.17. The van der Waals surface area contributed by atoms with Crippen LogP contribution in [0.25, 0.3) is 11.5 Å². The Balaban J connectivity index is 1.78. The number of hydrogen-bond acceptors (Lipinski definition) is 9. The summed E-state index contributed by atoms with van der Waals surface area (Å²) in [5, 5.41) is 12.5. The van der Waals surface area contributed by atoms with Gasteiger partial charge in [-0.1, -0.05) is 0 Å². The van der Waals surface area contributed by atoms with Crippen LogP contribution in [0.2, 0.25) is 0 Å². The van der Waals surface area contributed by atoms with Gasteiger partial charge in [0.15, 0.2) is 17.5 Å². The molecule has 3 rings (SSSR count). The van der Waals surface area contributed by atoms with Gasteiger partial charge in [-0.2, -0.15) is 9.36 Å². The molecular formula is C16H17N7O3S. The molecule has 10 nitrogen and oxygen atoms in total. The summed E-state index contributed by atoms with van der Waals surface area (Å²) >= 11 is 1.11. The number of ether oxygens (including phenoxy) is 1. The van der Waals surface area contributed by atoms with Gasteiger partial charge in [0.05, 0.1) is 12.3 Å². The van der Waals surface area contributed by atoms with Gasteiger partial charge < -0.3 is 15.2 Å². The number of carboxylic acid groups (broad SMARTS) is 1. The zero-order valence-electron chi connectivity index (χ0n) is 14.8. The van der Waals surface area contributed by atoms with E-state index in [1.54, 1.807) is 18.3 Å². The van der Waals surface area contributed by atoms with Gasteiger partial charge in [-0.15, -0.1) is 0 Å². The maximum atomic E-state index is 11.2. The summed E-state index contributed by atoms with van der Waals surface area (Å²) < 4.78 is 9.83. The van der Waals surface area contributed by atoms with E-state index in [4.69, 9.17) is 9.84 Å². The molecule has 0 aliphatic carbocycles. The molecule has 0 bridgehead atoms. The number of rotatable bonds is 6. The van der Waals surface area contributed by atoms with Crippen molar-refractivity contribution in [3.63, 3.8) is 0 Å². The van der Waals surface area contributed by atoms with Crippen molar-refractivity contribution >= 4 is 34.4 Å². The van der Waals surface area contributed by atoms with Crippen LogP contribution >= 0.6 is 11.5 Å². The molecule has 0 fully saturated rings. The lowest BCUT2D eigenvalue weighted by Crippen LogP contribution is -2.25. The Morgan fingerprint density at radius 1 is 1.26 bits per heavy atom. The van der Waals surface area contributed by atoms with E-state index >= 15 is 0 Å². The zero-order valence-corrected chi connectivity index (χ0v) is 15.6. The molecule has 0 aliphatic heterocycles. The van der Waals surface area contributed by atoms with E-state index in [9.17, 15) is 4.79 Å². The van der Waals surface area contributed by atoms with Gasteiger partial charge in [0.25, 0.3) is 0 Å². The van der Waals surface area contributed by atoms with Gasteiger partial charge in [-0.05, 0) is 26.0 Å². The minimum absolute atomic E-state index is 0.0657. The molecule has 140 valence electrons. The van der Waals surface area contributed by atoms with E-state index in [2.05, 4.69) is 29.6 Å². The number of hydrogen-bond donors (Lipinski definition) is 2. The Bertz CT molecular complexity index is 930. The van der Waals surface area contributed by atoms with Crippen LogP contribution in [0.3, 0.4) is 0 Å². The second kappa shape index (κ2) is 7.91. The lowest BCUT2D eigenvalue weighted by atomic mass is 10.3. The van der Waals surface area contributed by atoms with Gasteiger partial charge in [0.1, 0.15) is 11.4 Å². The fourth-order valence-corrected chi connectivity index (χ4v) is 2.67. The minimum Gasteiger partial charge on any atom is -0.489 e. The first-order chi connectivity index (χ1) is 12.9. The number of pyridine rings is 1. The van der Waals surface area contributed by atoms with Crippen LogP contribution in [-0.4, -0.2) is 48.7 Å². The van der Waals surface area contributed by atoms with Crippen LogP contribution < -0.4 is 15.0 Å². The van der Waals surface area contributed by atoms with E-state index < -0.39 is 6.09 Å². The summed E-state index contributed by atoms with van der Waals surface area (Å²) in [6.45, 7) is 3.88. The Morgan fingerprint density at radius 2 is 2.04 bits per heavy atom. The first-order valence-electron chi connectivity index (χ1n) is 7.95. The van der Waals surface area contributed by atoms with Crippen LogP contribution in [0.15, 0.2) is 30.7 Å². The van der Waals surface area contributed by atoms with Crippen LogP contribution in [-0.2, 0) is 0 Å². The predicted molar refractivity (Wildman–Crippen MR) is 101 cm³/mol. The first-order valence-corrected chi connectivity index (χ1v) is 8.73. The molecule has 0 saturated heterocycles. The molecule has 1 amide bonds. The molecule has 2 N–H and O–H groups in total. The smallest absolute Gasteiger partial charge is 0.412 e. The number of amides is 1. The number of nitrogens with zero attached hydrogens (tertiary/aromatic N) is 6. The molecule has 0 aromatic carbocycles. The van der Waals surface area contributed by atoms with Crippen LogP contribution in [0, 0.1) is 0 Å². The molecule has 3 aromatic heterocycles. The van der Waals surface area contributed by atoms with Crippen molar-refractivity contribution in [3.05, 3.63) is 30.7 Å². The second-order valence-corrected chi connectivity index (χ2v) is 6.42. The summed E-state index contributed by atoms with van der Waals surface area (Å²) in [7, 11) is 1.38. The number of aromatic nitrogens is 5. The van der Waals surface area contributed by atoms with Crippen molar-refractivity contribution in [2.45, 2.75) is 20.0 Å². The first kappa shape index (κ1) is 18.5. The minimum atomic E-state index is -1.15. The third-order valence-corrected chi connectivity index (χ3v) is 3.90. The Morgan fingerprint density at radius 3 is 2.70 bits per heavy atom. The van der Waals surface area contributed by atoms with Gasteiger partial charge in [-0.25, -0.2) is 19.7 Å². The average Bonchev–Trinajstić information content (AvgIpc) is 3.10. The van der Waals surface area contributed by atoms with E-state index in [-0.39, 0.29) is 17.7 Å². The molecule has 0 saturated carbocycles. The van der Waals surface area contributed by atoms with Gasteiger partial charge >= 0.3 is 6.09 Å². The van der Waals surface area contributed by atoms with Crippen LogP contribution in [0.1, 0.15) is 13.8 Å².